The third-order valence-corrected chi connectivity index (χ3v) is 3.77. The normalized spacial score (nSPS) is 21.0. The molecule has 2 amide bonds. The predicted octanol–water partition coefficient (Wildman–Crippen LogP) is 1.02. The van der Waals surface area contributed by atoms with Gasteiger partial charge >= 0.3 is 0 Å². The first kappa shape index (κ1) is 17.5. The molecule has 0 bridgehead atoms. The number of nitrogens with two attached hydrogens (primary N) is 1. The van der Waals surface area contributed by atoms with E-state index in [4.69, 9.17) is 10.2 Å². The van der Waals surface area contributed by atoms with Crippen molar-refractivity contribution >= 4 is 24.2 Å². The molecule has 1 aromatic rings. The summed E-state index contributed by atoms with van der Waals surface area (Å²) in [6.07, 6.45) is 2.68. The third kappa shape index (κ3) is 4.47. The minimum Gasteiger partial charge on any atom is -0.459 e. The Bertz CT molecular complexity index is 478. The first-order chi connectivity index (χ1) is 9.54. The van der Waals surface area contributed by atoms with Gasteiger partial charge in [-0.1, -0.05) is 6.92 Å². The summed E-state index contributed by atoms with van der Waals surface area (Å²) in [5.74, 6) is 0.0206. The van der Waals surface area contributed by atoms with Crippen LogP contribution in [0.15, 0.2) is 22.8 Å². The molecule has 0 aromatic carbocycles. The third-order valence-electron chi connectivity index (χ3n) is 3.77. The SMILES string of the molecule is CC1(CN)CCN(C(=O)CCNC(=O)c2ccco2)C1.Cl. The fourth-order valence-corrected chi connectivity index (χ4v) is 2.34. The van der Waals surface area contributed by atoms with Crippen molar-refractivity contribution in [1.82, 2.24) is 10.2 Å². The first-order valence-electron chi connectivity index (χ1n) is 6.84. The van der Waals surface area contributed by atoms with Crippen molar-refractivity contribution in [2.75, 3.05) is 26.2 Å². The molecule has 118 valence electrons. The summed E-state index contributed by atoms with van der Waals surface area (Å²) in [7, 11) is 0. The Morgan fingerprint density at radius 3 is 2.86 bits per heavy atom. The van der Waals surface area contributed by atoms with E-state index < -0.39 is 0 Å². The lowest BCUT2D eigenvalue weighted by Gasteiger charge is -2.22. The van der Waals surface area contributed by atoms with Crippen LogP contribution in [0.2, 0.25) is 0 Å². The lowest BCUT2D eigenvalue weighted by atomic mass is 9.90. The average molecular weight is 316 g/mol. The van der Waals surface area contributed by atoms with E-state index >= 15 is 0 Å². The van der Waals surface area contributed by atoms with E-state index in [9.17, 15) is 9.59 Å². The summed E-state index contributed by atoms with van der Waals surface area (Å²) >= 11 is 0. The number of carbonyl (C=O) groups is 2. The summed E-state index contributed by atoms with van der Waals surface area (Å²) in [6, 6.07) is 3.24. The van der Waals surface area contributed by atoms with Gasteiger partial charge in [0.05, 0.1) is 6.26 Å². The van der Waals surface area contributed by atoms with Crippen LogP contribution in [0.1, 0.15) is 30.3 Å². The van der Waals surface area contributed by atoms with Gasteiger partial charge in [-0.15, -0.1) is 12.4 Å². The van der Waals surface area contributed by atoms with Crippen LogP contribution >= 0.6 is 12.4 Å². The number of hydrogen-bond acceptors (Lipinski definition) is 4. The van der Waals surface area contributed by atoms with E-state index in [0.29, 0.717) is 26.1 Å². The second kappa shape index (κ2) is 7.47. The van der Waals surface area contributed by atoms with Crippen LogP contribution in [0, 0.1) is 5.41 Å². The first-order valence-corrected chi connectivity index (χ1v) is 6.84. The number of amides is 2. The van der Waals surface area contributed by atoms with Gasteiger partial charge in [-0.25, -0.2) is 0 Å². The molecule has 1 saturated heterocycles. The second-order valence-electron chi connectivity index (χ2n) is 5.56. The molecule has 1 aromatic heterocycles. The van der Waals surface area contributed by atoms with Gasteiger partial charge in [0, 0.05) is 26.1 Å². The van der Waals surface area contributed by atoms with Gasteiger partial charge in [0.1, 0.15) is 0 Å². The topological polar surface area (TPSA) is 88.6 Å². The molecule has 0 saturated carbocycles. The number of furan rings is 1. The summed E-state index contributed by atoms with van der Waals surface area (Å²) in [5, 5.41) is 2.67. The molecule has 21 heavy (non-hydrogen) atoms. The maximum atomic E-state index is 12.0. The number of carbonyl (C=O) groups excluding carboxylic acids is 2. The molecule has 2 rings (SSSR count). The number of rotatable bonds is 5. The largest absolute Gasteiger partial charge is 0.459 e. The molecular weight excluding hydrogens is 294 g/mol. The zero-order valence-corrected chi connectivity index (χ0v) is 12.9. The molecule has 0 spiro atoms. The van der Waals surface area contributed by atoms with Crippen LogP contribution in [-0.2, 0) is 4.79 Å². The smallest absolute Gasteiger partial charge is 0.286 e. The van der Waals surface area contributed by atoms with Gasteiger partial charge in [-0.2, -0.15) is 0 Å². The molecule has 1 aliphatic heterocycles. The summed E-state index contributed by atoms with van der Waals surface area (Å²) < 4.78 is 4.97. The van der Waals surface area contributed by atoms with Crippen LogP contribution in [0.4, 0.5) is 0 Å². The number of halogens is 1. The number of likely N-dealkylation sites (tertiary alicyclic amines) is 1. The fourth-order valence-electron chi connectivity index (χ4n) is 2.34. The molecule has 0 radical (unpaired) electrons. The van der Waals surface area contributed by atoms with E-state index in [2.05, 4.69) is 12.2 Å². The second-order valence-corrected chi connectivity index (χ2v) is 5.56. The lowest BCUT2D eigenvalue weighted by molar-refractivity contribution is -0.130. The quantitative estimate of drug-likeness (QED) is 0.849. The zero-order chi connectivity index (χ0) is 14.6. The van der Waals surface area contributed by atoms with E-state index in [1.165, 1.54) is 6.26 Å². The van der Waals surface area contributed by atoms with Crippen molar-refractivity contribution in [3.8, 4) is 0 Å². The van der Waals surface area contributed by atoms with Gasteiger partial charge in [0.25, 0.3) is 5.91 Å². The molecule has 1 unspecified atom stereocenters. The van der Waals surface area contributed by atoms with Gasteiger partial charge < -0.3 is 20.4 Å². The van der Waals surface area contributed by atoms with Crippen molar-refractivity contribution in [1.29, 1.82) is 0 Å². The van der Waals surface area contributed by atoms with Crippen molar-refractivity contribution in [2.45, 2.75) is 19.8 Å². The number of nitrogens with one attached hydrogen (secondary N) is 1. The van der Waals surface area contributed by atoms with E-state index in [-0.39, 0.29) is 35.4 Å². The van der Waals surface area contributed by atoms with E-state index in [0.717, 1.165) is 13.0 Å². The van der Waals surface area contributed by atoms with Crippen molar-refractivity contribution in [3.63, 3.8) is 0 Å². The van der Waals surface area contributed by atoms with Gasteiger partial charge in [0.15, 0.2) is 5.76 Å². The fraction of sp³-hybridized carbons (Fsp3) is 0.571. The maximum Gasteiger partial charge on any atom is 0.286 e. The molecule has 6 nitrogen and oxygen atoms in total. The van der Waals surface area contributed by atoms with E-state index in [1.54, 1.807) is 12.1 Å². The zero-order valence-electron chi connectivity index (χ0n) is 12.1. The summed E-state index contributed by atoms with van der Waals surface area (Å²) in [6.45, 7) is 4.45. The Labute approximate surface area is 130 Å². The van der Waals surface area contributed by atoms with Crippen LogP contribution in [0.25, 0.3) is 0 Å². The number of hydrogen-bond donors (Lipinski definition) is 2. The van der Waals surface area contributed by atoms with Crippen molar-refractivity contribution in [3.05, 3.63) is 24.2 Å². The summed E-state index contributed by atoms with van der Waals surface area (Å²) in [4.78, 5) is 25.5. The van der Waals surface area contributed by atoms with Crippen LogP contribution < -0.4 is 11.1 Å². The number of nitrogens with zero attached hydrogens (tertiary/aromatic N) is 1. The molecule has 7 heteroatoms. The molecule has 1 fully saturated rings. The molecule has 0 aliphatic carbocycles. The highest BCUT2D eigenvalue weighted by atomic mass is 35.5. The highest BCUT2D eigenvalue weighted by molar-refractivity contribution is 5.91. The molecule has 2 heterocycles. The predicted molar refractivity (Wildman–Crippen MR) is 81.3 cm³/mol. The monoisotopic (exact) mass is 315 g/mol. The van der Waals surface area contributed by atoms with Gasteiger partial charge in [-0.3, -0.25) is 9.59 Å². The molecule has 3 N–H and O–H groups in total. The molecule has 1 aliphatic rings. The standard InChI is InChI=1S/C14H21N3O3.ClH/c1-14(9-15)5-7-17(10-14)12(18)4-6-16-13(19)11-3-2-8-20-11;/h2-3,8H,4-7,9-10,15H2,1H3,(H,16,19);1H. The Balaban J connectivity index is 0.00000220. The molecular formula is C14H22ClN3O3. The van der Waals surface area contributed by atoms with Gasteiger partial charge in [-0.05, 0) is 30.5 Å². The molecule has 1 atom stereocenters. The van der Waals surface area contributed by atoms with Crippen molar-refractivity contribution in [2.24, 2.45) is 11.1 Å². The van der Waals surface area contributed by atoms with Crippen LogP contribution in [0.3, 0.4) is 0 Å². The minimum absolute atomic E-state index is 0. The van der Waals surface area contributed by atoms with Crippen molar-refractivity contribution < 1.29 is 14.0 Å². The van der Waals surface area contributed by atoms with Gasteiger partial charge in [0.2, 0.25) is 5.91 Å². The van der Waals surface area contributed by atoms with E-state index in [1.807, 2.05) is 4.90 Å². The van der Waals surface area contributed by atoms with Crippen LogP contribution in [-0.4, -0.2) is 42.9 Å². The lowest BCUT2D eigenvalue weighted by Crippen LogP contribution is -2.36. The summed E-state index contributed by atoms with van der Waals surface area (Å²) in [5.41, 5.74) is 5.75. The Kier molecular flexibility index (Phi) is 6.23. The average Bonchev–Trinajstić information content (AvgIpc) is 3.08. The Morgan fingerprint density at radius 2 is 2.29 bits per heavy atom. The Morgan fingerprint density at radius 1 is 1.52 bits per heavy atom. The highest BCUT2D eigenvalue weighted by Gasteiger charge is 2.34. The Hall–Kier alpha value is -1.53. The highest BCUT2D eigenvalue weighted by Crippen LogP contribution is 2.28. The van der Waals surface area contributed by atoms with Crippen LogP contribution in [0.5, 0.6) is 0 Å². The maximum absolute atomic E-state index is 12.0. The minimum atomic E-state index is -0.295.